The van der Waals surface area contributed by atoms with E-state index in [1.165, 1.54) is 40.1 Å². The first-order chi connectivity index (χ1) is 15.3. The lowest BCUT2D eigenvalue weighted by molar-refractivity contribution is -0.130. The number of carboxylic acid groups (broad SMARTS) is 1. The fourth-order valence-electron chi connectivity index (χ4n) is 3.46. The molecule has 0 spiro atoms. The minimum Gasteiger partial charge on any atom is -0.465 e. The van der Waals surface area contributed by atoms with Crippen LogP contribution in [0.25, 0.3) is 6.08 Å². The van der Waals surface area contributed by atoms with Crippen LogP contribution in [0.15, 0.2) is 60.7 Å². The maximum atomic E-state index is 13.0. The van der Waals surface area contributed by atoms with Gasteiger partial charge in [-0.25, -0.2) is 4.79 Å². The second kappa shape index (κ2) is 10.6. The van der Waals surface area contributed by atoms with Crippen molar-refractivity contribution in [2.45, 2.75) is 12.5 Å². The number of likely N-dealkylation sites (tertiary alicyclic amines) is 1. The monoisotopic (exact) mass is 437 g/mol. The van der Waals surface area contributed by atoms with Crippen LogP contribution in [0.2, 0.25) is 0 Å². The molecule has 3 amide bonds. The normalized spacial score (nSPS) is 15.6. The number of rotatable bonds is 7. The molecule has 0 aliphatic carbocycles. The molecule has 1 saturated heterocycles. The summed E-state index contributed by atoms with van der Waals surface area (Å²) < 4.78 is 0. The van der Waals surface area contributed by atoms with Crippen molar-refractivity contribution in [3.05, 3.63) is 66.2 Å². The lowest BCUT2D eigenvalue weighted by Gasteiger charge is -2.24. The van der Waals surface area contributed by atoms with Crippen molar-refractivity contribution >= 4 is 42.3 Å². The van der Waals surface area contributed by atoms with Crippen molar-refractivity contribution in [3.63, 3.8) is 0 Å². The third-order valence-electron chi connectivity index (χ3n) is 5.15. The number of nitrogens with zero attached hydrogens (tertiary/aromatic N) is 2. The van der Waals surface area contributed by atoms with Crippen molar-refractivity contribution in [1.82, 2.24) is 10.2 Å². The van der Waals surface area contributed by atoms with Crippen molar-refractivity contribution in [2.24, 2.45) is 0 Å². The highest BCUT2D eigenvalue weighted by molar-refractivity contribution is 6.58. The van der Waals surface area contributed by atoms with E-state index in [1.54, 1.807) is 6.08 Å². The first-order valence-electron chi connectivity index (χ1n) is 10.1. The van der Waals surface area contributed by atoms with E-state index in [0.29, 0.717) is 18.7 Å². The van der Waals surface area contributed by atoms with Crippen LogP contribution in [0.4, 0.5) is 10.5 Å². The molecule has 0 aromatic heterocycles. The van der Waals surface area contributed by atoms with Gasteiger partial charge in [0, 0.05) is 24.9 Å². The van der Waals surface area contributed by atoms with E-state index in [9.17, 15) is 24.4 Å². The summed E-state index contributed by atoms with van der Waals surface area (Å²) in [5, 5.41) is 29.9. The van der Waals surface area contributed by atoms with E-state index in [2.05, 4.69) is 5.32 Å². The third-order valence-corrected chi connectivity index (χ3v) is 5.15. The number of carbonyl (C=O) groups excluding carboxylic acids is 2. The van der Waals surface area contributed by atoms with Crippen LogP contribution >= 0.6 is 0 Å². The van der Waals surface area contributed by atoms with Gasteiger partial charge in [0.25, 0.3) is 5.91 Å². The Bertz CT molecular complexity index is 981. The van der Waals surface area contributed by atoms with Crippen molar-refractivity contribution in [1.29, 1.82) is 0 Å². The highest BCUT2D eigenvalue weighted by atomic mass is 16.4. The smallest absolute Gasteiger partial charge is 0.465 e. The average Bonchev–Trinajstić information content (AvgIpc) is 3.24. The summed E-state index contributed by atoms with van der Waals surface area (Å²) in [6.45, 7) is 0.392. The summed E-state index contributed by atoms with van der Waals surface area (Å²) in [5.74, 6) is -0.730. The van der Waals surface area contributed by atoms with Gasteiger partial charge >= 0.3 is 13.2 Å². The Morgan fingerprint density at radius 3 is 2.41 bits per heavy atom. The van der Waals surface area contributed by atoms with Gasteiger partial charge in [-0.15, -0.1) is 0 Å². The molecular weight excluding hydrogens is 413 g/mol. The Kier molecular flexibility index (Phi) is 7.64. The van der Waals surface area contributed by atoms with Gasteiger partial charge in [-0.1, -0.05) is 42.5 Å². The van der Waals surface area contributed by atoms with Gasteiger partial charge in [-0.3, -0.25) is 14.5 Å². The molecule has 2 aromatic rings. The molecule has 1 unspecified atom stereocenters. The highest BCUT2D eigenvalue weighted by Gasteiger charge is 2.29. The Labute approximate surface area is 185 Å². The van der Waals surface area contributed by atoms with Gasteiger partial charge in [-0.05, 0) is 35.7 Å². The summed E-state index contributed by atoms with van der Waals surface area (Å²) in [6, 6.07) is 14.9. The predicted molar refractivity (Wildman–Crippen MR) is 120 cm³/mol. The number of hydrogen-bond acceptors (Lipinski definition) is 5. The predicted octanol–water partition coefficient (Wildman–Crippen LogP) is 0.281. The van der Waals surface area contributed by atoms with Crippen molar-refractivity contribution in [2.75, 3.05) is 24.5 Å². The van der Waals surface area contributed by atoms with Crippen LogP contribution in [0.5, 0.6) is 0 Å². The van der Waals surface area contributed by atoms with Crippen molar-refractivity contribution in [3.8, 4) is 0 Å². The van der Waals surface area contributed by atoms with Gasteiger partial charge in [0.1, 0.15) is 6.54 Å². The lowest BCUT2D eigenvalue weighted by atomic mass is 9.80. The van der Waals surface area contributed by atoms with Gasteiger partial charge in [0.2, 0.25) is 5.91 Å². The second-order valence-electron chi connectivity index (χ2n) is 7.41. The van der Waals surface area contributed by atoms with Crippen molar-refractivity contribution < 1.29 is 29.5 Å². The summed E-state index contributed by atoms with van der Waals surface area (Å²) in [6.07, 6.45) is 2.38. The number of benzene rings is 2. The molecule has 0 radical (unpaired) electrons. The summed E-state index contributed by atoms with van der Waals surface area (Å²) >= 11 is 0. The zero-order valence-corrected chi connectivity index (χ0v) is 17.3. The highest BCUT2D eigenvalue weighted by Crippen LogP contribution is 2.16. The Hall–Kier alpha value is -3.63. The van der Waals surface area contributed by atoms with Crippen LogP contribution in [0, 0.1) is 0 Å². The molecule has 9 nitrogen and oxygen atoms in total. The van der Waals surface area contributed by atoms with Gasteiger partial charge < -0.3 is 25.4 Å². The maximum absolute atomic E-state index is 13.0. The van der Waals surface area contributed by atoms with E-state index < -0.39 is 19.1 Å². The number of carbonyl (C=O) groups is 3. The molecule has 1 aliphatic heterocycles. The largest absolute Gasteiger partial charge is 0.488 e. The summed E-state index contributed by atoms with van der Waals surface area (Å²) in [5.41, 5.74) is 1.51. The van der Waals surface area contributed by atoms with E-state index in [-0.39, 0.29) is 30.5 Å². The van der Waals surface area contributed by atoms with Gasteiger partial charge in [-0.2, -0.15) is 0 Å². The molecular formula is C22H24BN3O6. The molecule has 1 heterocycles. The molecule has 0 bridgehead atoms. The number of hydrogen-bond donors (Lipinski definition) is 4. The van der Waals surface area contributed by atoms with Crippen LogP contribution in [-0.4, -0.2) is 70.8 Å². The SMILES string of the molecule is O=C(O)NC1CCN(C(=O)CN(C(=O)/C=C/c2ccccc2)c2ccc(B(O)O)cc2)C1. The van der Waals surface area contributed by atoms with Crippen LogP contribution in [0.3, 0.4) is 0 Å². The number of amides is 3. The van der Waals surface area contributed by atoms with Crippen LogP contribution in [-0.2, 0) is 9.59 Å². The Balaban J connectivity index is 1.77. The second-order valence-corrected chi connectivity index (χ2v) is 7.41. The molecule has 166 valence electrons. The molecule has 1 fully saturated rings. The zero-order valence-electron chi connectivity index (χ0n) is 17.3. The number of anilines is 1. The maximum Gasteiger partial charge on any atom is 0.488 e. The molecule has 10 heteroatoms. The standard InChI is InChI=1S/C22H24BN3O6/c27-20(11-6-16-4-2-1-3-5-16)26(19-9-7-17(8-10-19)23(31)32)15-21(28)25-13-12-18(14-25)24-22(29)30/h1-11,18,24,31-32H,12-15H2,(H,29,30)/b11-6+. The van der Waals surface area contributed by atoms with Gasteiger partial charge in [0.15, 0.2) is 0 Å². The van der Waals surface area contributed by atoms with E-state index in [1.807, 2.05) is 30.3 Å². The van der Waals surface area contributed by atoms with E-state index in [4.69, 9.17) is 5.11 Å². The summed E-state index contributed by atoms with van der Waals surface area (Å²) in [4.78, 5) is 39.5. The van der Waals surface area contributed by atoms with Crippen LogP contribution in [0.1, 0.15) is 12.0 Å². The molecule has 4 N–H and O–H groups in total. The zero-order chi connectivity index (χ0) is 23.1. The minimum atomic E-state index is -1.64. The molecule has 32 heavy (non-hydrogen) atoms. The molecule has 1 aliphatic rings. The lowest BCUT2D eigenvalue weighted by Crippen LogP contribution is -2.43. The average molecular weight is 437 g/mol. The van der Waals surface area contributed by atoms with Gasteiger partial charge in [0.05, 0.1) is 6.04 Å². The van der Waals surface area contributed by atoms with E-state index >= 15 is 0 Å². The fraction of sp³-hybridized carbons (Fsp3) is 0.227. The molecule has 0 saturated carbocycles. The molecule has 1 atom stereocenters. The first-order valence-corrected chi connectivity index (χ1v) is 10.1. The third kappa shape index (κ3) is 6.19. The Morgan fingerprint density at radius 2 is 1.78 bits per heavy atom. The Morgan fingerprint density at radius 1 is 1.09 bits per heavy atom. The number of nitrogens with one attached hydrogen (secondary N) is 1. The topological polar surface area (TPSA) is 130 Å². The van der Waals surface area contributed by atoms with Crippen LogP contribution < -0.4 is 15.7 Å². The minimum absolute atomic E-state index is 0.237. The summed E-state index contributed by atoms with van der Waals surface area (Å²) in [7, 11) is -1.64. The molecule has 3 rings (SSSR count). The fourth-order valence-corrected chi connectivity index (χ4v) is 3.46. The van der Waals surface area contributed by atoms with E-state index in [0.717, 1.165) is 5.56 Å². The first kappa shape index (κ1) is 23.0. The molecule has 2 aromatic carbocycles. The quantitative estimate of drug-likeness (QED) is 0.364.